The number of hydrogen-bond donors (Lipinski definition) is 3. The standard InChI is InChI=1S/C20H29FN2O5/c21-16-5-4-15(18-19(16)28-11-3-10-27-18)20(26)22-12-14-6-8-23(13-17(14)25)7-1-2-9-24/h4-5,14,17,24-25H,1-3,6-13H2,(H,22,26)/t14-,17+/m0/s1. The number of halogens is 1. The van der Waals surface area contributed by atoms with Gasteiger partial charge in [-0.2, -0.15) is 0 Å². The van der Waals surface area contributed by atoms with E-state index in [0.717, 1.165) is 32.4 Å². The van der Waals surface area contributed by atoms with E-state index in [1.807, 2.05) is 0 Å². The van der Waals surface area contributed by atoms with Crippen LogP contribution >= 0.6 is 0 Å². The lowest BCUT2D eigenvalue weighted by molar-refractivity contribution is 0.0212. The number of unbranched alkanes of at least 4 members (excludes halogenated alkanes) is 1. The van der Waals surface area contributed by atoms with Crippen molar-refractivity contribution >= 4 is 5.91 Å². The van der Waals surface area contributed by atoms with Crippen LogP contribution in [0.1, 0.15) is 36.0 Å². The second-order valence-corrected chi connectivity index (χ2v) is 7.36. The molecule has 8 heteroatoms. The number of nitrogens with one attached hydrogen (secondary N) is 1. The predicted octanol–water partition coefficient (Wildman–Crippen LogP) is 1.17. The summed E-state index contributed by atoms with van der Waals surface area (Å²) in [6.07, 6.45) is 2.55. The molecule has 1 aromatic carbocycles. The SMILES string of the molecule is O=C(NC[C@@H]1CCN(CCCCO)C[C@H]1O)c1ccc(F)c2c1OCCCO2. The summed E-state index contributed by atoms with van der Waals surface area (Å²) in [4.78, 5) is 14.8. The number of aliphatic hydroxyl groups is 2. The number of rotatable bonds is 7. The fourth-order valence-electron chi connectivity index (χ4n) is 3.66. The molecule has 0 spiro atoms. The molecule has 156 valence electrons. The molecule has 1 fully saturated rings. The van der Waals surface area contributed by atoms with Gasteiger partial charge in [0.25, 0.3) is 5.91 Å². The van der Waals surface area contributed by atoms with E-state index in [4.69, 9.17) is 14.6 Å². The van der Waals surface area contributed by atoms with Gasteiger partial charge in [-0.15, -0.1) is 0 Å². The van der Waals surface area contributed by atoms with Gasteiger partial charge in [-0.1, -0.05) is 0 Å². The number of hydrogen-bond acceptors (Lipinski definition) is 6. The van der Waals surface area contributed by atoms with Crippen LogP contribution in [0.3, 0.4) is 0 Å². The molecule has 1 amide bonds. The summed E-state index contributed by atoms with van der Waals surface area (Å²) in [6.45, 7) is 3.52. The second kappa shape index (κ2) is 10.0. The number of likely N-dealkylation sites (tertiary alicyclic amines) is 1. The average molecular weight is 396 g/mol. The zero-order valence-electron chi connectivity index (χ0n) is 16.0. The topological polar surface area (TPSA) is 91.3 Å². The zero-order valence-corrected chi connectivity index (χ0v) is 16.0. The Morgan fingerprint density at radius 1 is 1.25 bits per heavy atom. The van der Waals surface area contributed by atoms with Crippen molar-refractivity contribution in [2.75, 3.05) is 46.0 Å². The van der Waals surface area contributed by atoms with E-state index >= 15 is 0 Å². The highest BCUT2D eigenvalue weighted by Gasteiger charge is 2.29. The Hall–Kier alpha value is -1.90. The lowest BCUT2D eigenvalue weighted by atomic mass is 9.93. The molecule has 1 saturated heterocycles. The van der Waals surface area contributed by atoms with Gasteiger partial charge in [-0.05, 0) is 44.5 Å². The first-order valence-electron chi connectivity index (χ1n) is 9.97. The summed E-state index contributed by atoms with van der Waals surface area (Å²) in [5, 5.41) is 22.1. The van der Waals surface area contributed by atoms with Crippen molar-refractivity contribution in [3.05, 3.63) is 23.5 Å². The molecule has 3 rings (SSSR count). The number of carbonyl (C=O) groups excluding carboxylic acids is 1. The Balaban J connectivity index is 1.55. The summed E-state index contributed by atoms with van der Waals surface area (Å²) >= 11 is 0. The van der Waals surface area contributed by atoms with E-state index in [0.29, 0.717) is 32.7 Å². The highest BCUT2D eigenvalue weighted by molar-refractivity contribution is 5.97. The molecular formula is C20H29FN2O5. The van der Waals surface area contributed by atoms with Crippen molar-refractivity contribution in [3.8, 4) is 11.5 Å². The summed E-state index contributed by atoms with van der Waals surface area (Å²) in [6, 6.07) is 2.61. The van der Waals surface area contributed by atoms with Crippen LogP contribution in [0.2, 0.25) is 0 Å². The predicted molar refractivity (Wildman–Crippen MR) is 101 cm³/mol. The van der Waals surface area contributed by atoms with Crippen LogP contribution in [0.15, 0.2) is 12.1 Å². The monoisotopic (exact) mass is 396 g/mol. The number of carbonyl (C=O) groups is 1. The van der Waals surface area contributed by atoms with Crippen molar-refractivity contribution < 1.29 is 28.9 Å². The third-order valence-electron chi connectivity index (χ3n) is 5.30. The van der Waals surface area contributed by atoms with Crippen molar-refractivity contribution in [1.29, 1.82) is 0 Å². The second-order valence-electron chi connectivity index (χ2n) is 7.36. The lowest BCUT2D eigenvalue weighted by Crippen LogP contribution is -2.47. The van der Waals surface area contributed by atoms with Crippen molar-refractivity contribution in [1.82, 2.24) is 10.2 Å². The van der Waals surface area contributed by atoms with Crippen molar-refractivity contribution in [2.45, 2.75) is 31.8 Å². The van der Waals surface area contributed by atoms with E-state index in [1.54, 1.807) is 0 Å². The number of β-amino-alcohol motifs (C(OH)–C–C–N with tert-alkyl or cyclic N) is 1. The average Bonchev–Trinajstić information content (AvgIpc) is 2.94. The third-order valence-corrected chi connectivity index (χ3v) is 5.30. The molecule has 0 bridgehead atoms. The maximum Gasteiger partial charge on any atom is 0.255 e. The normalized spacial score (nSPS) is 22.5. The van der Waals surface area contributed by atoms with Gasteiger partial charge >= 0.3 is 0 Å². The summed E-state index contributed by atoms with van der Waals surface area (Å²) < 4.78 is 24.9. The largest absolute Gasteiger partial charge is 0.489 e. The molecular weight excluding hydrogens is 367 g/mol. The van der Waals surface area contributed by atoms with E-state index in [9.17, 15) is 14.3 Å². The Labute approximate surface area is 164 Å². The minimum Gasteiger partial charge on any atom is -0.489 e. The molecule has 2 atom stereocenters. The zero-order chi connectivity index (χ0) is 19.9. The van der Waals surface area contributed by atoms with E-state index in [2.05, 4.69) is 10.2 Å². The Morgan fingerprint density at radius 2 is 2.04 bits per heavy atom. The highest BCUT2D eigenvalue weighted by Crippen LogP contribution is 2.36. The van der Waals surface area contributed by atoms with Crippen LogP contribution in [-0.2, 0) is 0 Å². The molecule has 7 nitrogen and oxygen atoms in total. The van der Waals surface area contributed by atoms with Gasteiger partial charge in [-0.3, -0.25) is 4.79 Å². The van der Waals surface area contributed by atoms with Crippen LogP contribution in [0.4, 0.5) is 4.39 Å². The summed E-state index contributed by atoms with van der Waals surface area (Å²) in [5.74, 6) is -0.804. The van der Waals surface area contributed by atoms with Gasteiger partial charge in [0.15, 0.2) is 17.3 Å². The van der Waals surface area contributed by atoms with Crippen LogP contribution in [0.25, 0.3) is 0 Å². The van der Waals surface area contributed by atoms with Gasteiger partial charge < -0.3 is 29.9 Å². The molecule has 0 aromatic heterocycles. The van der Waals surface area contributed by atoms with Crippen LogP contribution in [0.5, 0.6) is 11.5 Å². The molecule has 0 radical (unpaired) electrons. The molecule has 2 aliphatic heterocycles. The first-order chi connectivity index (χ1) is 13.6. The van der Waals surface area contributed by atoms with Crippen LogP contribution < -0.4 is 14.8 Å². The highest BCUT2D eigenvalue weighted by atomic mass is 19.1. The quantitative estimate of drug-likeness (QED) is 0.600. The first-order valence-corrected chi connectivity index (χ1v) is 9.97. The smallest absolute Gasteiger partial charge is 0.255 e. The lowest BCUT2D eigenvalue weighted by Gasteiger charge is -2.36. The molecule has 2 heterocycles. The summed E-state index contributed by atoms with van der Waals surface area (Å²) in [5.41, 5.74) is 0.245. The minimum absolute atomic E-state index is 0.0126. The van der Waals surface area contributed by atoms with Gasteiger partial charge in [0.05, 0.1) is 24.9 Å². The van der Waals surface area contributed by atoms with Crippen molar-refractivity contribution in [3.63, 3.8) is 0 Å². The third kappa shape index (κ3) is 5.12. The number of aliphatic hydroxyl groups excluding tert-OH is 2. The van der Waals surface area contributed by atoms with Crippen LogP contribution in [-0.4, -0.2) is 73.1 Å². The first kappa shape index (κ1) is 20.8. The van der Waals surface area contributed by atoms with Gasteiger partial charge in [0.2, 0.25) is 0 Å². The molecule has 0 unspecified atom stereocenters. The number of fused-ring (bicyclic) bond motifs is 1. The fourth-order valence-corrected chi connectivity index (χ4v) is 3.66. The Bertz CT molecular complexity index is 672. The minimum atomic E-state index is -0.544. The van der Waals surface area contributed by atoms with Gasteiger partial charge in [0.1, 0.15) is 0 Å². The number of ether oxygens (including phenoxy) is 2. The fraction of sp³-hybridized carbons (Fsp3) is 0.650. The van der Waals surface area contributed by atoms with E-state index in [-0.39, 0.29) is 35.5 Å². The van der Waals surface area contributed by atoms with Crippen LogP contribution in [0, 0.1) is 11.7 Å². The molecule has 0 aliphatic carbocycles. The van der Waals surface area contributed by atoms with E-state index < -0.39 is 11.9 Å². The number of amides is 1. The molecule has 28 heavy (non-hydrogen) atoms. The Morgan fingerprint density at radius 3 is 2.79 bits per heavy atom. The summed E-state index contributed by atoms with van der Waals surface area (Å²) in [7, 11) is 0. The van der Waals surface area contributed by atoms with Gasteiger partial charge in [-0.25, -0.2) is 4.39 Å². The maximum atomic E-state index is 14.0. The van der Waals surface area contributed by atoms with Gasteiger partial charge in [0, 0.05) is 32.0 Å². The molecule has 0 saturated carbocycles. The van der Waals surface area contributed by atoms with Crippen molar-refractivity contribution in [2.24, 2.45) is 5.92 Å². The number of piperidine rings is 1. The molecule has 3 N–H and O–H groups in total. The molecule has 2 aliphatic rings. The Kier molecular flexibility index (Phi) is 7.47. The number of benzene rings is 1. The number of nitrogens with zero attached hydrogens (tertiary/aromatic N) is 1. The maximum absolute atomic E-state index is 14.0. The molecule has 1 aromatic rings. The van der Waals surface area contributed by atoms with E-state index in [1.165, 1.54) is 12.1 Å².